The number of carbonyl (C=O) groups excluding carboxylic acids is 1. The highest BCUT2D eigenvalue weighted by molar-refractivity contribution is 5.85. The molecule has 21 heavy (non-hydrogen) atoms. The topological polar surface area (TPSA) is 70.2 Å². The third-order valence-corrected chi connectivity index (χ3v) is 3.89. The second kappa shape index (κ2) is 7.24. The van der Waals surface area contributed by atoms with Crippen LogP contribution in [0.15, 0.2) is 6.33 Å². The minimum atomic E-state index is -0.116. The minimum absolute atomic E-state index is 0.0660. The highest BCUT2D eigenvalue weighted by atomic mass is 16.2. The van der Waals surface area contributed by atoms with Gasteiger partial charge in [-0.3, -0.25) is 4.79 Å². The van der Waals surface area contributed by atoms with Gasteiger partial charge in [-0.15, -0.1) is 0 Å². The van der Waals surface area contributed by atoms with Gasteiger partial charge in [0.2, 0.25) is 5.91 Å². The zero-order valence-electron chi connectivity index (χ0n) is 13.1. The first-order chi connectivity index (χ1) is 10.2. The summed E-state index contributed by atoms with van der Waals surface area (Å²) in [6.07, 6.45) is 5.38. The molecule has 6 nitrogen and oxygen atoms in total. The summed E-state index contributed by atoms with van der Waals surface area (Å²) in [6, 6.07) is -0.116. The summed E-state index contributed by atoms with van der Waals surface area (Å²) in [5.41, 5.74) is 1.10. The van der Waals surface area contributed by atoms with Crippen LogP contribution in [0.3, 0.4) is 0 Å². The number of aromatic nitrogens is 2. The second-order valence-corrected chi connectivity index (χ2v) is 5.27. The van der Waals surface area contributed by atoms with E-state index in [-0.39, 0.29) is 11.9 Å². The lowest BCUT2D eigenvalue weighted by Gasteiger charge is -2.27. The molecule has 2 heterocycles. The summed E-state index contributed by atoms with van der Waals surface area (Å²) >= 11 is 0. The number of nitrogens with one attached hydrogen (secondary N) is 2. The Morgan fingerprint density at radius 1 is 1.43 bits per heavy atom. The van der Waals surface area contributed by atoms with Gasteiger partial charge in [-0.25, -0.2) is 9.97 Å². The first kappa shape index (κ1) is 15.5. The molecule has 0 saturated carbocycles. The number of rotatable bonds is 6. The molecule has 1 aromatic rings. The Bertz CT molecular complexity index is 491. The molecule has 2 N–H and O–H groups in total. The van der Waals surface area contributed by atoms with E-state index in [4.69, 9.17) is 0 Å². The largest absolute Gasteiger partial charge is 0.370 e. The lowest BCUT2D eigenvalue weighted by molar-refractivity contribution is -0.121. The Labute approximate surface area is 126 Å². The van der Waals surface area contributed by atoms with Gasteiger partial charge in [-0.2, -0.15) is 0 Å². The van der Waals surface area contributed by atoms with Crippen LogP contribution in [0.25, 0.3) is 0 Å². The predicted octanol–water partition coefficient (Wildman–Crippen LogP) is 1.58. The van der Waals surface area contributed by atoms with Gasteiger partial charge in [0.15, 0.2) is 0 Å². The molecule has 6 heteroatoms. The van der Waals surface area contributed by atoms with E-state index >= 15 is 0 Å². The molecule has 116 valence electrons. The van der Waals surface area contributed by atoms with Gasteiger partial charge in [0, 0.05) is 25.7 Å². The maximum atomic E-state index is 12.0. The van der Waals surface area contributed by atoms with Gasteiger partial charge >= 0.3 is 0 Å². The molecule has 0 aliphatic carbocycles. The van der Waals surface area contributed by atoms with Gasteiger partial charge in [-0.1, -0.05) is 13.8 Å². The van der Waals surface area contributed by atoms with E-state index in [2.05, 4.69) is 39.3 Å². The van der Waals surface area contributed by atoms with Gasteiger partial charge in [0.05, 0.1) is 0 Å². The third kappa shape index (κ3) is 3.25. The third-order valence-electron chi connectivity index (χ3n) is 3.89. The van der Waals surface area contributed by atoms with Gasteiger partial charge in [0.1, 0.15) is 24.0 Å². The number of carbonyl (C=O) groups is 1. The number of likely N-dealkylation sites (N-methyl/N-ethyl adjacent to an activating group) is 1. The maximum Gasteiger partial charge on any atom is 0.242 e. The van der Waals surface area contributed by atoms with Crippen LogP contribution < -0.4 is 15.5 Å². The van der Waals surface area contributed by atoms with Crippen molar-refractivity contribution >= 4 is 17.5 Å². The normalized spacial score (nSPS) is 17.9. The van der Waals surface area contributed by atoms with E-state index in [0.29, 0.717) is 0 Å². The standard InChI is InChI=1S/C15H25N5O/c1-4-8-17-13-11(5-2)14(19-10-18-13)20-9-6-7-12(20)15(21)16-3/h10,12H,4-9H2,1-3H3,(H,16,21)(H,17,18,19). The van der Waals surface area contributed by atoms with E-state index in [1.54, 1.807) is 13.4 Å². The van der Waals surface area contributed by atoms with Gasteiger partial charge in [0.25, 0.3) is 0 Å². The van der Waals surface area contributed by atoms with Gasteiger partial charge < -0.3 is 15.5 Å². The summed E-state index contributed by atoms with van der Waals surface area (Å²) < 4.78 is 0. The maximum absolute atomic E-state index is 12.0. The first-order valence-electron chi connectivity index (χ1n) is 7.78. The minimum Gasteiger partial charge on any atom is -0.370 e. The predicted molar refractivity (Wildman–Crippen MR) is 84.6 cm³/mol. The molecule has 0 aromatic carbocycles. The van der Waals surface area contributed by atoms with Crippen LogP contribution in [-0.4, -0.2) is 42.1 Å². The summed E-state index contributed by atoms with van der Waals surface area (Å²) in [4.78, 5) is 23.0. The van der Waals surface area contributed by atoms with Crippen molar-refractivity contribution in [3.05, 3.63) is 11.9 Å². The number of amides is 1. The Morgan fingerprint density at radius 2 is 2.24 bits per heavy atom. The highest BCUT2D eigenvalue weighted by Crippen LogP contribution is 2.30. The van der Waals surface area contributed by atoms with Crippen LogP contribution in [0.4, 0.5) is 11.6 Å². The summed E-state index contributed by atoms with van der Waals surface area (Å²) in [5.74, 6) is 1.86. The smallest absolute Gasteiger partial charge is 0.242 e. The lowest BCUT2D eigenvalue weighted by Crippen LogP contribution is -2.42. The fourth-order valence-electron chi connectivity index (χ4n) is 2.83. The van der Waals surface area contributed by atoms with Gasteiger partial charge in [-0.05, 0) is 25.7 Å². The fourth-order valence-corrected chi connectivity index (χ4v) is 2.83. The summed E-state index contributed by atoms with van der Waals surface area (Å²) in [5, 5.41) is 6.11. The molecule has 0 bridgehead atoms. The van der Waals surface area contributed by atoms with Crippen molar-refractivity contribution in [2.45, 2.75) is 45.6 Å². The number of hydrogen-bond donors (Lipinski definition) is 2. The average Bonchev–Trinajstić information content (AvgIpc) is 3.00. The monoisotopic (exact) mass is 291 g/mol. The van der Waals surface area contributed by atoms with Crippen molar-refractivity contribution in [1.82, 2.24) is 15.3 Å². The number of hydrogen-bond acceptors (Lipinski definition) is 5. The van der Waals surface area contributed by atoms with Crippen molar-refractivity contribution in [3.8, 4) is 0 Å². The highest BCUT2D eigenvalue weighted by Gasteiger charge is 2.32. The van der Waals surface area contributed by atoms with Crippen molar-refractivity contribution in [2.24, 2.45) is 0 Å². The number of nitrogens with zero attached hydrogens (tertiary/aromatic N) is 3. The zero-order valence-corrected chi connectivity index (χ0v) is 13.1. The summed E-state index contributed by atoms with van der Waals surface area (Å²) in [6.45, 7) is 5.99. The molecular formula is C15H25N5O. The van der Waals surface area contributed by atoms with Crippen molar-refractivity contribution in [3.63, 3.8) is 0 Å². The number of anilines is 2. The van der Waals surface area contributed by atoms with Crippen LogP contribution in [0, 0.1) is 0 Å². The van der Waals surface area contributed by atoms with Crippen molar-refractivity contribution < 1.29 is 4.79 Å². The van der Waals surface area contributed by atoms with E-state index < -0.39 is 0 Å². The molecule has 1 unspecified atom stereocenters. The Hall–Kier alpha value is -1.85. The molecule has 1 saturated heterocycles. The molecule has 1 amide bonds. The van der Waals surface area contributed by atoms with E-state index in [1.165, 1.54) is 0 Å². The van der Waals surface area contributed by atoms with Crippen LogP contribution >= 0.6 is 0 Å². The first-order valence-corrected chi connectivity index (χ1v) is 7.78. The lowest BCUT2D eigenvalue weighted by atomic mass is 10.1. The van der Waals surface area contributed by atoms with E-state index in [9.17, 15) is 4.79 Å². The van der Waals surface area contributed by atoms with Crippen LogP contribution in [0.5, 0.6) is 0 Å². The molecular weight excluding hydrogens is 266 g/mol. The molecule has 1 aliphatic rings. The fraction of sp³-hybridized carbons (Fsp3) is 0.667. The van der Waals surface area contributed by atoms with Crippen LogP contribution in [0.2, 0.25) is 0 Å². The van der Waals surface area contributed by atoms with E-state index in [0.717, 1.165) is 56.0 Å². The zero-order chi connectivity index (χ0) is 15.2. The second-order valence-electron chi connectivity index (χ2n) is 5.27. The Balaban J connectivity index is 2.31. The Kier molecular flexibility index (Phi) is 5.36. The summed E-state index contributed by atoms with van der Waals surface area (Å²) in [7, 11) is 1.69. The average molecular weight is 291 g/mol. The molecule has 0 spiro atoms. The SMILES string of the molecule is CCCNc1ncnc(N2CCCC2C(=O)NC)c1CC. The van der Waals surface area contributed by atoms with Crippen LogP contribution in [-0.2, 0) is 11.2 Å². The molecule has 2 rings (SSSR count). The van der Waals surface area contributed by atoms with Crippen LogP contribution in [0.1, 0.15) is 38.7 Å². The molecule has 1 aromatic heterocycles. The van der Waals surface area contributed by atoms with E-state index in [1.807, 2.05) is 0 Å². The molecule has 0 radical (unpaired) electrons. The quantitative estimate of drug-likeness (QED) is 0.832. The molecule has 1 aliphatic heterocycles. The Morgan fingerprint density at radius 3 is 2.90 bits per heavy atom. The molecule has 1 atom stereocenters. The van der Waals surface area contributed by atoms with Crippen molar-refractivity contribution in [2.75, 3.05) is 30.4 Å². The molecule has 1 fully saturated rings. The van der Waals surface area contributed by atoms with Crippen molar-refractivity contribution in [1.29, 1.82) is 0 Å².